The van der Waals surface area contributed by atoms with Crippen molar-refractivity contribution in [2.45, 2.75) is 23.7 Å². The lowest BCUT2D eigenvalue weighted by Gasteiger charge is -2.23. The van der Waals surface area contributed by atoms with Crippen molar-refractivity contribution >= 4 is 11.8 Å². The van der Waals surface area contributed by atoms with Crippen molar-refractivity contribution in [3.8, 4) is 5.75 Å². The Morgan fingerprint density at radius 3 is 2.93 bits per heavy atom. The van der Waals surface area contributed by atoms with Crippen molar-refractivity contribution in [1.82, 2.24) is 5.32 Å². The van der Waals surface area contributed by atoms with E-state index in [4.69, 9.17) is 0 Å². The van der Waals surface area contributed by atoms with Gasteiger partial charge < -0.3 is 10.4 Å². The summed E-state index contributed by atoms with van der Waals surface area (Å²) in [6, 6.07) is 6.08. The van der Waals surface area contributed by atoms with Crippen molar-refractivity contribution in [3.63, 3.8) is 0 Å². The van der Waals surface area contributed by atoms with Crippen LogP contribution in [0.2, 0.25) is 0 Å². The molecule has 1 aliphatic heterocycles. The molecule has 1 aliphatic rings. The fraction of sp³-hybridized carbons (Fsp3) is 0.500. The van der Waals surface area contributed by atoms with Crippen molar-refractivity contribution < 1.29 is 5.11 Å². The third-order valence-electron chi connectivity index (χ3n) is 2.97. The van der Waals surface area contributed by atoms with Gasteiger partial charge in [0.25, 0.3) is 0 Å². The molecule has 82 valence electrons. The van der Waals surface area contributed by atoms with Crippen molar-refractivity contribution in [2.75, 3.05) is 19.3 Å². The molecule has 0 radical (unpaired) electrons. The van der Waals surface area contributed by atoms with Crippen molar-refractivity contribution in [3.05, 3.63) is 23.8 Å². The molecule has 3 heteroatoms. The topological polar surface area (TPSA) is 32.3 Å². The van der Waals surface area contributed by atoms with Gasteiger partial charge in [0.2, 0.25) is 0 Å². The van der Waals surface area contributed by atoms with Gasteiger partial charge in [0.1, 0.15) is 5.75 Å². The van der Waals surface area contributed by atoms with E-state index in [1.54, 1.807) is 11.8 Å². The van der Waals surface area contributed by atoms with E-state index in [9.17, 15) is 5.11 Å². The van der Waals surface area contributed by atoms with E-state index in [1.165, 1.54) is 18.4 Å². The van der Waals surface area contributed by atoms with Gasteiger partial charge in [-0.3, -0.25) is 0 Å². The molecule has 2 nitrogen and oxygen atoms in total. The van der Waals surface area contributed by atoms with Gasteiger partial charge in [0, 0.05) is 11.4 Å². The first kappa shape index (κ1) is 10.8. The Labute approximate surface area is 95.1 Å². The zero-order valence-corrected chi connectivity index (χ0v) is 9.81. The Bertz CT molecular complexity index is 334. The Balaban J connectivity index is 2.17. The fourth-order valence-corrected chi connectivity index (χ4v) is 2.57. The molecule has 1 fully saturated rings. The zero-order valence-electron chi connectivity index (χ0n) is 8.99. The highest BCUT2D eigenvalue weighted by Gasteiger charge is 2.15. The molecule has 1 unspecified atom stereocenters. The van der Waals surface area contributed by atoms with E-state index in [-0.39, 0.29) is 0 Å². The Kier molecular flexibility index (Phi) is 3.54. The summed E-state index contributed by atoms with van der Waals surface area (Å²) in [5.41, 5.74) is 1.26. The lowest BCUT2D eigenvalue weighted by Crippen LogP contribution is -2.28. The summed E-state index contributed by atoms with van der Waals surface area (Å²) in [7, 11) is 0. The molecule has 1 saturated heterocycles. The van der Waals surface area contributed by atoms with Gasteiger partial charge in [-0.05, 0) is 49.3 Å². The second kappa shape index (κ2) is 4.90. The first-order valence-electron chi connectivity index (χ1n) is 5.39. The monoisotopic (exact) mass is 223 g/mol. The number of benzene rings is 1. The van der Waals surface area contributed by atoms with Crippen LogP contribution in [0.3, 0.4) is 0 Å². The highest BCUT2D eigenvalue weighted by molar-refractivity contribution is 7.98. The minimum Gasteiger partial charge on any atom is -0.507 e. The van der Waals surface area contributed by atoms with Crippen LogP contribution >= 0.6 is 11.8 Å². The molecular formula is C12H17NOS. The van der Waals surface area contributed by atoms with Crippen molar-refractivity contribution in [1.29, 1.82) is 0 Å². The SMILES string of the molecule is CSc1ccc(C2CCCNC2)cc1O. The van der Waals surface area contributed by atoms with E-state index >= 15 is 0 Å². The van der Waals surface area contributed by atoms with Crippen LogP contribution in [0.5, 0.6) is 5.75 Å². The second-order valence-corrected chi connectivity index (χ2v) is 4.82. The second-order valence-electron chi connectivity index (χ2n) is 3.97. The predicted octanol–water partition coefficient (Wildman–Crippen LogP) is 2.58. The van der Waals surface area contributed by atoms with E-state index < -0.39 is 0 Å². The van der Waals surface area contributed by atoms with E-state index in [0.717, 1.165) is 18.0 Å². The number of rotatable bonds is 2. The minimum absolute atomic E-state index is 0.422. The quantitative estimate of drug-likeness (QED) is 0.756. The van der Waals surface area contributed by atoms with Gasteiger partial charge >= 0.3 is 0 Å². The number of hydrogen-bond acceptors (Lipinski definition) is 3. The average Bonchev–Trinajstić information content (AvgIpc) is 2.30. The maximum atomic E-state index is 9.78. The number of thioether (sulfide) groups is 1. The first-order chi connectivity index (χ1) is 7.31. The molecule has 0 aromatic heterocycles. The number of nitrogens with one attached hydrogen (secondary N) is 1. The van der Waals surface area contributed by atoms with Gasteiger partial charge in [-0.2, -0.15) is 0 Å². The molecule has 0 spiro atoms. The van der Waals surface area contributed by atoms with Crippen molar-refractivity contribution in [2.24, 2.45) is 0 Å². The number of phenolic OH excluding ortho intramolecular Hbond substituents is 1. The normalized spacial score (nSPS) is 21.5. The summed E-state index contributed by atoms with van der Waals surface area (Å²) in [4.78, 5) is 0.961. The van der Waals surface area contributed by atoms with Crippen LogP contribution in [0.25, 0.3) is 0 Å². The van der Waals surface area contributed by atoms with E-state index in [0.29, 0.717) is 11.7 Å². The lowest BCUT2D eigenvalue weighted by atomic mass is 9.92. The third-order valence-corrected chi connectivity index (χ3v) is 3.76. The largest absolute Gasteiger partial charge is 0.507 e. The molecule has 1 aromatic carbocycles. The molecule has 0 saturated carbocycles. The maximum absolute atomic E-state index is 9.78. The molecular weight excluding hydrogens is 206 g/mol. The average molecular weight is 223 g/mol. The fourth-order valence-electron chi connectivity index (χ4n) is 2.10. The highest BCUT2D eigenvalue weighted by Crippen LogP contribution is 2.31. The molecule has 2 rings (SSSR count). The van der Waals surface area contributed by atoms with Crippen LogP contribution < -0.4 is 5.32 Å². The van der Waals surface area contributed by atoms with E-state index in [1.807, 2.05) is 18.4 Å². The number of phenols is 1. The lowest BCUT2D eigenvalue weighted by molar-refractivity contribution is 0.447. The highest BCUT2D eigenvalue weighted by atomic mass is 32.2. The molecule has 0 amide bonds. The van der Waals surface area contributed by atoms with Crippen LogP contribution in [0, 0.1) is 0 Å². The van der Waals surface area contributed by atoms with E-state index in [2.05, 4.69) is 11.4 Å². The summed E-state index contributed by atoms with van der Waals surface area (Å²) in [5.74, 6) is 0.992. The van der Waals surface area contributed by atoms with Gasteiger partial charge in [-0.25, -0.2) is 0 Å². The Hall–Kier alpha value is -0.670. The number of piperidine rings is 1. The summed E-state index contributed by atoms with van der Waals surface area (Å²) >= 11 is 1.59. The van der Waals surface area contributed by atoms with Crippen LogP contribution in [0.4, 0.5) is 0 Å². The Morgan fingerprint density at radius 2 is 2.33 bits per heavy atom. The Morgan fingerprint density at radius 1 is 1.47 bits per heavy atom. The molecule has 1 atom stereocenters. The molecule has 0 bridgehead atoms. The summed E-state index contributed by atoms with van der Waals surface area (Å²) in [6.07, 6.45) is 4.44. The molecule has 1 aromatic rings. The molecule has 1 heterocycles. The smallest absolute Gasteiger partial charge is 0.129 e. The first-order valence-corrected chi connectivity index (χ1v) is 6.61. The maximum Gasteiger partial charge on any atom is 0.129 e. The standard InChI is InChI=1S/C12H17NOS/c1-15-12-5-4-9(7-11(12)14)10-3-2-6-13-8-10/h4-5,7,10,13-14H,2-3,6,8H2,1H3. The zero-order chi connectivity index (χ0) is 10.7. The van der Waals surface area contributed by atoms with Crippen LogP contribution in [0.1, 0.15) is 24.3 Å². The molecule has 15 heavy (non-hydrogen) atoms. The predicted molar refractivity (Wildman–Crippen MR) is 64.7 cm³/mol. The van der Waals surface area contributed by atoms with Crippen LogP contribution in [-0.4, -0.2) is 24.5 Å². The van der Waals surface area contributed by atoms with Crippen LogP contribution in [0.15, 0.2) is 23.1 Å². The third kappa shape index (κ3) is 2.47. The van der Waals surface area contributed by atoms with Gasteiger partial charge in [0.05, 0.1) is 0 Å². The number of aromatic hydroxyl groups is 1. The van der Waals surface area contributed by atoms with Gasteiger partial charge in [-0.1, -0.05) is 6.07 Å². The molecule has 0 aliphatic carbocycles. The molecule has 2 N–H and O–H groups in total. The van der Waals surface area contributed by atoms with Gasteiger partial charge in [-0.15, -0.1) is 11.8 Å². The minimum atomic E-state index is 0.422. The summed E-state index contributed by atoms with van der Waals surface area (Å²) in [6.45, 7) is 2.17. The van der Waals surface area contributed by atoms with Gasteiger partial charge in [0.15, 0.2) is 0 Å². The summed E-state index contributed by atoms with van der Waals surface area (Å²) < 4.78 is 0. The summed E-state index contributed by atoms with van der Waals surface area (Å²) in [5, 5.41) is 13.2. The van der Waals surface area contributed by atoms with Crippen LogP contribution in [-0.2, 0) is 0 Å². The number of hydrogen-bond donors (Lipinski definition) is 2.